The Morgan fingerprint density at radius 1 is 1.27 bits per heavy atom. The van der Waals surface area contributed by atoms with E-state index in [4.69, 9.17) is 4.74 Å². The molecule has 0 aliphatic heterocycles. The Hall–Kier alpha value is -1.16. The summed E-state index contributed by atoms with van der Waals surface area (Å²) in [6, 6.07) is 3.31. The van der Waals surface area contributed by atoms with Crippen LogP contribution in [0.25, 0.3) is 0 Å². The highest BCUT2D eigenvalue weighted by Crippen LogP contribution is 2.17. The third kappa shape index (κ3) is 4.25. The van der Waals surface area contributed by atoms with Gasteiger partial charge in [0, 0.05) is 12.6 Å². The minimum absolute atomic E-state index is 0.107. The van der Waals surface area contributed by atoms with Crippen LogP contribution in [0, 0.1) is 11.6 Å². The monoisotopic (exact) mass is 215 g/mol. The first-order chi connectivity index (χ1) is 7.09. The summed E-state index contributed by atoms with van der Waals surface area (Å²) in [7, 11) is 3.91. The maximum Gasteiger partial charge on any atom is 0.167 e. The summed E-state index contributed by atoms with van der Waals surface area (Å²) < 4.78 is 30.8. The van der Waals surface area contributed by atoms with Crippen LogP contribution in [0.5, 0.6) is 5.75 Å². The summed E-state index contributed by atoms with van der Waals surface area (Å²) in [5.74, 6) is -1.14. The van der Waals surface area contributed by atoms with Crippen molar-refractivity contribution in [2.45, 2.75) is 6.42 Å². The zero-order valence-corrected chi connectivity index (χ0v) is 8.96. The van der Waals surface area contributed by atoms with Crippen molar-refractivity contribution in [3.63, 3.8) is 0 Å². The Kier molecular flexibility index (Phi) is 4.49. The van der Waals surface area contributed by atoms with Crippen molar-refractivity contribution in [2.24, 2.45) is 0 Å². The first kappa shape index (κ1) is 11.9. The number of rotatable bonds is 5. The number of hydrogen-bond acceptors (Lipinski definition) is 2. The average molecular weight is 215 g/mol. The lowest BCUT2D eigenvalue weighted by Crippen LogP contribution is -2.15. The van der Waals surface area contributed by atoms with Crippen molar-refractivity contribution < 1.29 is 13.5 Å². The van der Waals surface area contributed by atoms with Gasteiger partial charge in [0.15, 0.2) is 11.6 Å². The van der Waals surface area contributed by atoms with E-state index < -0.39 is 11.6 Å². The van der Waals surface area contributed by atoms with Gasteiger partial charge < -0.3 is 9.64 Å². The molecule has 0 saturated heterocycles. The first-order valence-corrected chi connectivity index (χ1v) is 4.82. The Bertz CT molecular complexity index is 315. The van der Waals surface area contributed by atoms with Gasteiger partial charge in [-0.05, 0) is 32.6 Å². The number of benzene rings is 1. The molecule has 0 aromatic heterocycles. The molecule has 1 aromatic rings. The third-order valence-corrected chi connectivity index (χ3v) is 1.90. The third-order valence-electron chi connectivity index (χ3n) is 1.90. The molecule has 0 aliphatic carbocycles. The van der Waals surface area contributed by atoms with Gasteiger partial charge in [0.2, 0.25) is 0 Å². The van der Waals surface area contributed by atoms with Crippen molar-refractivity contribution in [1.29, 1.82) is 0 Å². The van der Waals surface area contributed by atoms with Gasteiger partial charge in [0.25, 0.3) is 0 Å². The van der Waals surface area contributed by atoms with Gasteiger partial charge >= 0.3 is 0 Å². The summed E-state index contributed by atoms with van der Waals surface area (Å²) in [6.45, 7) is 1.31. The molecule has 84 valence electrons. The summed E-state index contributed by atoms with van der Waals surface area (Å²) in [6.07, 6.45) is 0.809. The quantitative estimate of drug-likeness (QED) is 0.699. The summed E-state index contributed by atoms with van der Waals surface area (Å²) in [5.41, 5.74) is 0. The van der Waals surface area contributed by atoms with Gasteiger partial charge in [-0.1, -0.05) is 0 Å². The van der Waals surface area contributed by atoms with Crippen LogP contribution < -0.4 is 4.74 Å². The predicted molar refractivity (Wildman–Crippen MR) is 55.0 cm³/mol. The van der Waals surface area contributed by atoms with Gasteiger partial charge in [-0.2, -0.15) is 0 Å². The van der Waals surface area contributed by atoms with Crippen LogP contribution in [-0.4, -0.2) is 32.1 Å². The van der Waals surface area contributed by atoms with E-state index in [-0.39, 0.29) is 5.75 Å². The number of halogens is 2. The largest absolute Gasteiger partial charge is 0.490 e. The van der Waals surface area contributed by atoms with Crippen LogP contribution in [0.4, 0.5) is 8.78 Å². The summed E-state index contributed by atoms with van der Waals surface area (Å²) >= 11 is 0. The van der Waals surface area contributed by atoms with Crippen molar-refractivity contribution in [3.8, 4) is 5.75 Å². The molecule has 0 spiro atoms. The highest BCUT2D eigenvalue weighted by molar-refractivity contribution is 5.24. The van der Waals surface area contributed by atoms with Gasteiger partial charge in [-0.25, -0.2) is 8.78 Å². The summed E-state index contributed by atoms with van der Waals surface area (Å²) in [4.78, 5) is 2.02. The summed E-state index contributed by atoms with van der Waals surface area (Å²) in [5, 5.41) is 0. The second kappa shape index (κ2) is 5.66. The maximum atomic E-state index is 13.1. The molecule has 4 heteroatoms. The smallest absolute Gasteiger partial charge is 0.167 e. The number of nitrogens with zero attached hydrogens (tertiary/aromatic N) is 1. The normalized spacial score (nSPS) is 10.7. The maximum absolute atomic E-state index is 13.1. The fourth-order valence-electron chi connectivity index (χ4n) is 1.16. The van der Waals surface area contributed by atoms with Crippen LogP contribution in [-0.2, 0) is 0 Å². The van der Waals surface area contributed by atoms with Crippen molar-refractivity contribution in [3.05, 3.63) is 29.8 Å². The van der Waals surface area contributed by atoms with Crippen LogP contribution >= 0.6 is 0 Å². The fraction of sp³-hybridized carbons (Fsp3) is 0.455. The lowest BCUT2D eigenvalue weighted by Gasteiger charge is -2.10. The van der Waals surface area contributed by atoms with Crippen molar-refractivity contribution >= 4 is 0 Å². The molecule has 0 aliphatic rings. The molecule has 2 nitrogen and oxygen atoms in total. The van der Waals surface area contributed by atoms with Crippen LogP contribution in [0.1, 0.15) is 6.42 Å². The SMILES string of the molecule is CN(C)CCCOc1ccc(F)cc1F. The molecule has 0 bridgehead atoms. The van der Waals surface area contributed by atoms with E-state index in [2.05, 4.69) is 0 Å². The fourth-order valence-corrected chi connectivity index (χ4v) is 1.16. The van der Waals surface area contributed by atoms with Gasteiger partial charge in [0.05, 0.1) is 6.61 Å². The molecule has 0 fully saturated rings. The minimum atomic E-state index is -0.653. The standard InChI is InChI=1S/C11H15F2NO/c1-14(2)6-3-7-15-11-5-4-9(12)8-10(11)13/h4-5,8H,3,6-7H2,1-2H3. The highest BCUT2D eigenvalue weighted by atomic mass is 19.1. The van der Waals surface area contributed by atoms with Gasteiger partial charge in [-0.15, -0.1) is 0 Å². The molecule has 0 saturated carbocycles. The zero-order valence-electron chi connectivity index (χ0n) is 8.96. The number of hydrogen-bond donors (Lipinski definition) is 0. The molecule has 0 heterocycles. The first-order valence-electron chi connectivity index (χ1n) is 4.82. The minimum Gasteiger partial charge on any atom is -0.490 e. The van der Waals surface area contributed by atoms with E-state index >= 15 is 0 Å². The molecule has 15 heavy (non-hydrogen) atoms. The van der Waals surface area contributed by atoms with Gasteiger partial charge in [0.1, 0.15) is 5.82 Å². The van der Waals surface area contributed by atoms with Crippen LogP contribution in [0.3, 0.4) is 0 Å². The molecule has 0 radical (unpaired) electrons. The van der Waals surface area contributed by atoms with Crippen LogP contribution in [0.2, 0.25) is 0 Å². The lowest BCUT2D eigenvalue weighted by molar-refractivity contribution is 0.270. The molecule has 0 atom stereocenters. The van der Waals surface area contributed by atoms with E-state index in [9.17, 15) is 8.78 Å². The Labute approximate surface area is 88.5 Å². The molecule has 0 amide bonds. The van der Waals surface area contributed by atoms with E-state index in [1.807, 2.05) is 19.0 Å². The molecule has 0 unspecified atom stereocenters. The molecular weight excluding hydrogens is 200 g/mol. The average Bonchev–Trinajstić information content (AvgIpc) is 2.14. The Balaban J connectivity index is 2.37. The Morgan fingerprint density at radius 3 is 2.60 bits per heavy atom. The highest BCUT2D eigenvalue weighted by Gasteiger charge is 2.04. The molecule has 1 rings (SSSR count). The molecule has 1 aromatic carbocycles. The van der Waals surface area contributed by atoms with E-state index in [0.29, 0.717) is 6.61 Å². The van der Waals surface area contributed by atoms with E-state index in [0.717, 1.165) is 19.0 Å². The molecular formula is C11H15F2NO. The van der Waals surface area contributed by atoms with E-state index in [1.165, 1.54) is 12.1 Å². The van der Waals surface area contributed by atoms with Crippen molar-refractivity contribution in [1.82, 2.24) is 4.90 Å². The zero-order chi connectivity index (χ0) is 11.3. The lowest BCUT2D eigenvalue weighted by atomic mass is 10.3. The topological polar surface area (TPSA) is 12.5 Å². The van der Waals surface area contributed by atoms with Crippen molar-refractivity contribution in [2.75, 3.05) is 27.2 Å². The molecule has 0 N–H and O–H groups in total. The van der Waals surface area contributed by atoms with Crippen LogP contribution in [0.15, 0.2) is 18.2 Å². The predicted octanol–water partition coefficient (Wildman–Crippen LogP) is 2.30. The Morgan fingerprint density at radius 2 is 2.00 bits per heavy atom. The number of ether oxygens (including phenoxy) is 1. The second-order valence-electron chi connectivity index (χ2n) is 3.58. The van der Waals surface area contributed by atoms with Gasteiger partial charge in [-0.3, -0.25) is 0 Å². The van der Waals surface area contributed by atoms with E-state index in [1.54, 1.807) is 0 Å². The second-order valence-corrected chi connectivity index (χ2v) is 3.58.